The topological polar surface area (TPSA) is 41.6 Å². The molecule has 0 atom stereocenters. The maximum atomic E-state index is 12.3. The number of benzene rings is 2. The average Bonchev–Trinajstić information content (AvgIpc) is 2.63. The number of likely N-dealkylation sites (tertiary alicyclic amines) is 1. The van der Waals surface area contributed by atoms with E-state index in [-0.39, 0.29) is 5.91 Å². The largest absolute Gasteiger partial charge is 0.432 e. The van der Waals surface area contributed by atoms with Crippen LogP contribution in [0, 0.1) is 5.92 Å². The molecule has 26 heavy (non-hydrogen) atoms. The number of anilines is 1. The lowest BCUT2D eigenvalue weighted by Gasteiger charge is -2.31. The number of thiocarbonyl (C=S) groups is 1. The van der Waals surface area contributed by atoms with Gasteiger partial charge in [0.05, 0.1) is 0 Å². The molecule has 1 N–H and O–H groups in total. The Hall–Kier alpha value is -2.11. The van der Waals surface area contributed by atoms with Gasteiger partial charge in [-0.05, 0) is 73.4 Å². The van der Waals surface area contributed by atoms with Crippen molar-refractivity contribution in [1.82, 2.24) is 4.90 Å². The maximum Gasteiger partial charge on any atom is 0.264 e. The standard InChI is InChI=1S/C20H21ClN2O2S/c1-14-9-11-23(12-10-14)20(26)25-18-7-5-15(6-8-18)19(24)22-17-4-2-3-16(21)13-17/h2-8,13-14H,9-12H2,1H3,(H,22,24). The molecule has 0 saturated carbocycles. The zero-order valence-corrected chi connectivity index (χ0v) is 16.1. The zero-order chi connectivity index (χ0) is 18.5. The van der Waals surface area contributed by atoms with Crippen LogP contribution in [0.2, 0.25) is 5.02 Å². The first-order chi connectivity index (χ1) is 12.5. The summed E-state index contributed by atoms with van der Waals surface area (Å²) in [6.45, 7) is 4.12. The summed E-state index contributed by atoms with van der Waals surface area (Å²) in [6.07, 6.45) is 2.26. The van der Waals surface area contributed by atoms with Gasteiger partial charge in [0.2, 0.25) is 0 Å². The maximum absolute atomic E-state index is 12.3. The first-order valence-corrected chi connectivity index (χ1v) is 9.43. The predicted octanol–water partition coefficient (Wildman–Crippen LogP) is 4.99. The van der Waals surface area contributed by atoms with Gasteiger partial charge in [-0.2, -0.15) is 0 Å². The van der Waals surface area contributed by atoms with E-state index in [0.717, 1.165) is 31.8 Å². The molecule has 2 aromatic rings. The molecular formula is C20H21ClN2O2S. The van der Waals surface area contributed by atoms with Crippen LogP contribution in [-0.4, -0.2) is 29.1 Å². The third-order valence-corrected chi connectivity index (χ3v) is 5.02. The van der Waals surface area contributed by atoms with E-state index in [4.69, 9.17) is 28.6 Å². The quantitative estimate of drug-likeness (QED) is 0.752. The monoisotopic (exact) mass is 388 g/mol. The summed E-state index contributed by atoms with van der Waals surface area (Å²) in [5.41, 5.74) is 1.19. The van der Waals surface area contributed by atoms with Gasteiger partial charge in [-0.1, -0.05) is 24.6 Å². The summed E-state index contributed by atoms with van der Waals surface area (Å²) >= 11 is 11.3. The fourth-order valence-corrected chi connectivity index (χ4v) is 3.27. The molecule has 0 unspecified atom stereocenters. The van der Waals surface area contributed by atoms with E-state index in [1.807, 2.05) is 0 Å². The summed E-state index contributed by atoms with van der Waals surface area (Å²) in [6, 6.07) is 14.0. The molecule has 6 heteroatoms. The molecule has 0 radical (unpaired) electrons. The first kappa shape index (κ1) is 18.7. The second-order valence-electron chi connectivity index (χ2n) is 6.53. The summed E-state index contributed by atoms with van der Waals surface area (Å²) in [5, 5.41) is 3.89. The lowest BCUT2D eigenvalue weighted by atomic mass is 10.00. The van der Waals surface area contributed by atoms with Gasteiger partial charge in [0.25, 0.3) is 11.1 Å². The number of carbonyl (C=O) groups is 1. The van der Waals surface area contributed by atoms with E-state index in [0.29, 0.717) is 27.2 Å². The van der Waals surface area contributed by atoms with Gasteiger partial charge in [-0.15, -0.1) is 0 Å². The molecule has 1 amide bonds. The predicted molar refractivity (Wildman–Crippen MR) is 109 cm³/mol. The zero-order valence-electron chi connectivity index (χ0n) is 14.6. The number of nitrogens with one attached hydrogen (secondary N) is 1. The van der Waals surface area contributed by atoms with Crippen LogP contribution in [0.4, 0.5) is 5.69 Å². The molecule has 1 heterocycles. The van der Waals surface area contributed by atoms with Crippen LogP contribution < -0.4 is 10.1 Å². The Morgan fingerprint density at radius 1 is 1.19 bits per heavy atom. The van der Waals surface area contributed by atoms with Gasteiger partial charge in [-0.3, -0.25) is 4.79 Å². The minimum atomic E-state index is -0.202. The molecular weight excluding hydrogens is 368 g/mol. The van der Waals surface area contributed by atoms with E-state index in [9.17, 15) is 4.79 Å². The molecule has 1 fully saturated rings. The summed E-state index contributed by atoms with van der Waals surface area (Å²) < 4.78 is 5.77. The molecule has 0 aromatic heterocycles. The highest BCUT2D eigenvalue weighted by Crippen LogP contribution is 2.20. The number of rotatable bonds is 3. The number of carbonyl (C=O) groups excluding carboxylic acids is 1. The fourth-order valence-electron chi connectivity index (χ4n) is 2.80. The van der Waals surface area contributed by atoms with Gasteiger partial charge in [0, 0.05) is 29.4 Å². The Balaban J connectivity index is 1.57. The van der Waals surface area contributed by atoms with Crippen LogP contribution in [-0.2, 0) is 0 Å². The van der Waals surface area contributed by atoms with Gasteiger partial charge in [0.15, 0.2) is 0 Å². The second-order valence-corrected chi connectivity index (χ2v) is 7.31. The molecule has 4 nitrogen and oxygen atoms in total. The molecule has 3 rings (SSSR count). The Labute approximate surface area is 164 Å². The summed E-state index contributed by atoms with van der Waals surface area (Å²) in [7, 11) is 0. The lowest BCUT2D eigenvalue weighted by Crippen LogP contribution is -2.39. The number of piperidine rings is 1. The molecule has 136 valence electrons. The number of nitrogens with zero attached hydrogens (tertiary/aromatic N) is 1. The molecule has 0 spiro atoms. The fraction of sp³-hybridized carbons (Fsp3) is 0.300. The van der Waals surface area contributed by atoms with Gasteiger partial charge in [0.1, 0.15) is 5.75 Å². The third kappa shape index (κ3) is 4.96. The van der Waals surface area contributed by atoms with Crippen molar-refractivity contribution in [2.24, 2.45) is 5.92 Å². The van der Waals surface area contributed by atoms with Crippen LogP contribution in [0.3, 0.4) is 0 Å². The van der Waals surface area contributed by atoms with Crippen molar-refractivity contribution in [3.05, 3.63) is 59.1 Å². The molecule has 2 aromatic carbocycles. The van der Waals surface area contributed by atoms with Crippen molar-refractivity contribution in [2.75, 3.05) is 18.4 Å². The number of halogens is 1. The van der Waals surface area contributed by atoms with E-state index >= 15 is 0 Å². The van der Waals surface area contributed by atoms with E-state index in [1.54, 1.807) is 48.5 Å². The van der Waals surface area contributed by atoms with E-state index in [2.05, 4.69) is 17.1 Å². The third-order valence-electron chi connectivity index (χ3n) is 4.45. The normalized spacial score (nSPS) is 14.8. The molecule has 0 bridgehead atoms. The highest BCUT2D eigenvalue weighted by Gasteiger charge is 2.19. The van der Waals surface area contributed by atoms with Crippen LogP contribution in [0.1, 0.15) is 30.1 Å². The van der Waals surface area contributed by atoms with Gasteiger partial charge < -0.3 is 15.0 Å². The highest BCUT2D eigenvalue weighted by atomic mass is 35.5. The Kier molecular flexibility index (Phi) is 6.12. The van der Waals surface area contributed by atoms with Crippen LogP contribution in [0.15, 0.2) is 48.5 Å². The number of hydrogen-bond donors (Lipinski definition) is 1. The minimum Gasteiger partial charge on any atom is -0.432 e. The summed E-state index contributed by atoms with van der Waals surface area (Å²) in [5.74, 6) is 1.17. The number of hydrogen-bond acceptors (Lipinski definition) is 3. The van der Waals surface area contributed by atoms with Crippen molar-refractivity contribution in [2.45, 2.75) is 19.8 Å². The van der Waals surface area contributed by atoms with Crippen molar-refractivity contribution in [3.63, 3.8) is 0 Å². The molecule has 1 saturated heterocycles. The van der Waals surface area contributed by atoms with E-state index in [1.165, 1.54) is 0 Å². The van der Waals surface area contributed by atoms with Crippen molar-refractivity contribution < 1.29 is 9.53 Å². The van der Waals surface area contributed by atoms with Crippen molar-refractivity contribution in [3.8, 4) is 5.75 Å². The van der Waals surface area contributed by atoms with Gasteiger partial charge in [-0.25, -0.2) is 0 Å². The highest BCUT2D eigenvalue weighted by molar-refractivity contribution is 7.80. The average molecular weight is 389 g/mol. The van der Waals surface area contributed by atoms with Crippen LogP contribution in [0.25, 0.3) is 0 Å². The van der Waals surface area contributed by atoms with Crippen LogP contribution in [0.5, 0.6) is 5.75 Å². The molecule has 0 aliphatic carbocycles. The number of amides is 1. The van der Waals surface area contributed by atoms with Crippen LogP contribution >= 0.6 is 23.8 Å². The van der Waals surface area contributed by atoms with Crippen molar-refractivity contribution in [1.29, 1.82) is 0 Å². The van der Waals surface area contributed by atoms with Gasteiger partial charge >= 0.3 is 0 Å². The lowest BCUT2D eigenvalue weighted by molar-refractivity contribution is 0.102. The number of ether oxygens (including phenoxy) is 1. The van der Waals surface area contributed by atoms with E-state index < -0.39 is 0 Å². The first-order valence-electron chi connectivity index (χ1n) is 8.65. The van der Waals surface area contributed by atoms with Crippen molar-refractivity contribution >= 4 is 40.6 Å². The Morgan fingerprint density at radius 3 is 2.54 bits per heavy atom. The summed E-state index contributed by atoms with van der Waals surface area (Å²) in [4.78, 5) is 14.4. The Bertz CT molecular complexity index is 787. The second kappa shape index (κ2) is 8.52. The Morgan fingerprint density at radius 2 is 1.88 bits per heavy atom. The smallest absolute Gasteiger partial charge is 0.264 e. The molecule has 1 aliphatic heterocycles. The minimum absolute atomic E-state index is 0.202. The SMILES string of the molecule is CC1CCN(C(=S)Oc2ccc(C(=O)Nc3cccc(Cl)c3)cc2)CC1. The molecule has 1 aliphatic rings.